The molecule has 5 heterocycles. The van der Waals surface area contributed by atoms with Gasteiger partial charge in [-0.05, 0) is 53.5 Å². The number of nitrogens with zero attached hydrogens (tertiary/aromatic N) is 8. The minimum Gasteiger partial charge on any atom is -0.494 e. The number of anilines is 6. The summed E-state index contributed by atoms with van der Waals surface area (Å²) in [6.45, 7) is 6.91. The lowest BCUT2D eigenvalue weighted by Crippen LogP contribution is -2.52. The van der Waals surface area contributed by atoms with E-state index in [0.717, 1.165) is 74.5 Å². The van der Waals surface area contributed by atoms with Crippen LogP contribution in [-0.4, -0.2) is 117 Å². The number of likely N-dealkylation sites (N-methyl/N-ethyl adjacent to an activating group) is 1. The van der Waals surface area contributed by atoms with E-state index in [0.29, 0.717) is 63.9 Å². The second kappa shape index (κ2) is 14.5. The molecule has 16 heteroatoms. The molecule has 7 rings (SSSR count). The van der Waals surface area contributed by atoms with Crippen LogP contribution in [0.15, 0.2) is 47.3 Å². The van der Waals surface area contributed by atoms with Gasteiger partial charge >= 0.3 is 0 Å². The van der Waals surface area contributed by atoms with Crippen molar-refractivity contribution in [1.29, 1.82) is 0 Å². The van der Waals surface area contributed by atoms with E-state index in [1.807, 2.05) is 36.3 Å². The summed E-state index contributed by atoms with van der Waals surface area (Å²) in [4.78, 5) is 16.9. The summed E-state index contributed by atoms with van der Waals surface area (Å²) in [6, 6.07) is 8.57. The van der Waals surface area contributed by atoms with Crippen molar-refractivity contribution in [1.82, 2.24) is 29.5 Å². The van der Waals surface area contributed by atoms with Crippen molar-refractivity contribution in [3.05, 3.63) is 52.9 Å². The Labute approximate surface area is 307 Å². The fraction of sp³-hybridized carbons (Fsp3) is 0.457. The summed E-state index contributed by atoms with van der Waals surface area (Å²) in [7, 11) is 3.73. The van der Waals surface area contributed by atoms with E-state index >= 15 is 0 Å². The van der Waals surface area contributed by atoms with E-state index in [-0.39, 0.29) is 0 Å². The zero-order chi connectivity index (χ0) is 35.9. The van der Waals surface area contributed by atoms with Gasteiger partial charge in [-0.15, -0.1) is 0 Å². The van der Waals surface area contributed by atoms with E-state index < -0.39 is 10.0 Å². The zero-order valence-electron chi connectivity index (χ0n) is 29.7. The largest absolute Gasteiger partial charge is 0.494 e. The van der Waals surface area contributed by atoms with Crippen molar-refractivity contribution in [3.63, 3.8) is 0 Å². The predicted molar refractivity (Wildman–Crippen MR) is 205 cm³/mol. The van der Waals surface area contributed by atoms with Crippen LogP contribution in [0.5, 0.6) is 11.5 Å². The molecule has 51 heavy (non-hydrogen) atoms. The lowest BCUT2D eigenvalue weighted by Gasteiger charge is -2.43. The number of nitrogens with one attached hydrogen (secondary N) is 2. The molecule has 2 saturated heterocycles. The van der Waals surface area contributed by atoms with Crippen LogP contribution < -0.4 is 29.3 Å². The Morgan fingerprint density at radius 2 is 1.78 bits per heavy atom. The second-order valence-corrected chi connectivity index (χ2v) is 16.3. The van der Waals surface area contributed by atoms with E-state index in [9.17, 15) is 8.42 Å². The Morgan fingerprint density at radius 3 is 2.47 bits per heavy atom. The van der Waals surface area contributed by atoms with Gasteiger partial charge in [-0.2, -0.15) is 10.1 Å². The summed E-state index contributed by atoms with van der Waals surface area (Å²) in [6.07, 6.45) is 9.66. The van der Waals surface area contributed by atoms with Gasteiger partial charge in [-0.1, -0.05) is 6.07 Å². The third-order valence-corrected chi connectivity index (χ3v) is 11.8. The molecule has 3 aliphatic heterocycles. The minimum atomic E-state index is -3.58. The SMILES string of the molecule is COc1cc(N2CCC(N3CCN(C)CC3)CC2)c(-c2cnn(C)c2)cc1Nc1ncc(Br)c(Nc2ccc3c(c2N(C)S(C)(=O)=O)OCC3)n1. The maximum absolute atomic E-state index is 12.6. The van der Waals surface area contributed by atoms with Gasteiger partial charge in [0.15, 0.2) is 0 Å². The highest BCUT2D eigenvalue weighted by Crippen LogP contribution is 2.45. The highest BCUT2D eigenvalue weighted by atomic mass is 79.9. The van der Waals surface area contributed by atoms with Gasteiger partial charge in [-0.3, -0.25) is 13.9 Å². The summed E-state index contributed by atoms with van der Waals surface area (Å²) >= 11 is 3.57. The van der Waals surface area contributed by atoms with Gasteiger partial charge in [-0.25, -0.2) is 13.4 Å². The molecule has 0 amide bonds. The quantitative estimate of drug-likeness (QED) is 0.232. The van der Waals surface area contributed by atoms with Gasteiger partial charge in [0.2, 0.25) is 16.0 Å². The molecule has 2 N–H and O–H groups in total. The number of rotatable bonds is 10. The predicted octanol–water partition coefficient (Wildman–Crippen LogP) is 4.68. The fourth-order valence-electron chi connectivity index (χ4n) is 7.12. The average Bonchev–Trinajstić information content (AvgIpc) is 3.78. The van der Waals surface area contributed by atoms with Crippen LogP contribution in [0.2, 0.25) is 0 Å². The molecule has 0 aliphatic carbocycles. The number of aromatic nitrogens is 4. The third kappa shape index (κ3) is 7.45. The molecule has 4 aromatic rings. The van der Waals surface area contributed by atoms with Crippen LogP contribution in [0.3, 0.4) is 0 Å². The van der Waals surface area contributed by atoms with Crippen molar-refractivity contribution in [2.75, 3.05) is 93.2 Å². The van der Waals surface area contributed by atoms with Gasteiger partial charge in [0.25, 0.3) is 0 Å². The molecule has 0 unspecified atom stereocenters. The monoisotopic (exact) mass is 780 g/mol. The molecule has 272 valence electrons. The molecule has 2 fully saturated rings. The number of fused-ring (bicyclic) bond motifs is 1. The third-order valence-electron chi connectivity index (χ3n) is 10.1. The number of ether oxygens (including phenoxy) is 2. The van der Waals surface area contributed by atoms with Crippen molar-refractivity contribution < 1.29 is 17.9 Å². The standard InChI is InChI=1S/C35H45BrN10O4S/c1-42-13-15-45(16-14-42)25-8-11-46(12-9-25)30-19-31(49-4)29(18-26(30)24-20-38-43(2)22-24)40-35-37-21-27(36)34(41-35)39-28-7-6-23-10-17-50-33(23)32(28)44(3)51(5,47)48/h6-7,18-22,25H,8-17H2,1-5H3,(H2,37,39,40,41). The summed E-state index contributed by atoms with van der Waals surface area (Å²) in [5, 5.41) is 11.2. The first-order valence-corrected chi connectivity index (χ1v) is 19.8. The molecular formula is C35H45BrN10O4S. The number of sulfonamides is 1. The number of hydrogen-bond acceptors (Lipinski definition) is 12. The average molecular weight is 782 g/mol. The topological polar surface area (TPSA) is 133 Å². The smallest absolute Gasteiger partial charge is 0.232 e. The first-order chi connectivity index (χ1) is 24.5. The maximum atomic E-state index is 12.6. The molecule has 0 atom stereocenters. The van der Waals surface area contributed by atoms with Crippen molar-refractivity contribution in [3.8, 4) is 22.6 Å². The van der Waals surface area contributed by atoms with Crippen LogP contribution in [-0.2, 0) is 23.5 Å². The Morgan fingerprint density at radius 1 is 1.02 bits per heavy atom. The lowest BCUT2D eigenvalue weighted by atomic mass is 9.98. The van der Waals surface area contributed by atoms with Crippen LogP contribution in [0, 0.1) is 0 Å². The number of piperazine rings is 1. The molecule has 0 bridgehead atoms. The summed E-state index contributed by atoms with van der Waals surface area (Å²) in [5.41, 5.74) is 5.75. The number of piperidine rings is 1. The molecular weight excluding hydrogens is 736 g/mol. The first-order valence-electron chi connectivity index (χ1n) is 17.2. The molecule has 14 nitrogen and oxygen atoms in total. The number of benzene rings is 2. The first kappa shape index (κ1) is 35.3. The Balaban J connectivity index is 1.18. The molecule has 0 radical (unpaired) electrons. The second-order valence-electron chi connectivity index (χ2n) is 13.4. The minimum absolute atomic E-state index is 0.326. The Hall–Kier alpha value is -4.12. The molecule has 0 spiro atoms. The Bertz CT molecular complexity index is 2010. The van der Waals surface area contributed by atoms with Gasteiger partial charge in [0.05, 0.1) is 42.0 Å². The van der Waals surface area contributed by atoms with E-state index in [1.54, 1.807) is 13.3 Å². The number of methoxy groups -OCH3 is 1. The normalized spacial score (nSPS) is 17.3. The van der Waals surface area contributed by atoms with E-state index in [4.69, 9.17) is 14.5 Å². The zero-order valence-corrected chi connectivity index (χ0v) is 32.1. The van der Waals surface area contributed by atoms with E-state index in [1.165, 1.54) is 17.6 Å². The van der Waals surface area contributed by atoms with Gasteiger partial charge in [0, 0.05) is 101 Å². The highest BCUT2D eigenvalue weighted by molar-refractivity contribution is 9.10. The number of aryl methyl sites for hydroxylation is 1. The number of hydrogen-bond donors (Lipinski definition) is 2. The van der Waals surface area contributed by atoms with Crippen molar-refractivity contribution in [2.45, 2.75) is 25.3 Å². The maximum Gasteiger partial charge on any atom is 0.232 e. The van der Waals surface area contributed by atoms with Gasteiger partial charge in [0.1, 0.15) is 23.0 Å². The Kier molecular flexibility index (Phi) is 10.0. The number of halogens is 1. The summed E-state index contributed by atoms with van der Waals surface area (Å²) < 4.78 is 40.8. The lowest BCUT2D eigenvalue weighted by molar-refractivity contribution is 0.0982. The molecule has 3 aliphatic rings. The van der Waals surface area contributed by atoms with Crippen molar-refractivity contribution in [2.24, 2.45) is 7.05 Å². The van der Waals surface area contributed by atoms with E-state index in [2.05, 4.69) is 70.5 Å². The molecule has 2 aromatic carbocycles. The van der Waals surface area contributed by atoms with Crippen LogP contribution in [0.25, 0.3) is 11.1 Å². The highest BCUT2D eigenvalue weighted by Gasteiger charge is 2.30. The van der Waals surface area contributed by atoms with Crippen LogP contribution >= 0.6 is 15.9 Å². The van der Waals surface area contributed by atoms with Crippen molar-refractivity contribution >= 4 is 60.5 Å². The van der Waals surface area contributed by atoms with Crippen LogP contribution in [0.4, 0.5) is 34.5 Å². The fourth-order valence-corrected chi connectivity index (χ4v) is 7.93. The van der Waals surface area contributed by atoms with Gasteiger partial charge < -0.3 is 29.9 Å². The molecule has 2 aromatic heterocycles. The molecule has 0 saturated carbocycles. The summed E-state index contributed by atoms with van der Waals surface area (Å²) in [5.74, 6) is 1.98. The van der Waals surface area contributed by atoms with Crippen LogP contribution in [0.1, 0.15) is 18.4 Å².